The summed E-state index contributed by atoms with van der Waals surface area (Å²) in [7, 11) is -2.30. The summed E-state index contributed by atoms with van der Waals surface area (Å²) in [5.41, 5.74) is -2.12. The number of hydrogen-bond donors (Lipinski definition) is 2. The number of aliphatic hydroxyl groups excluding tert-OH is 1. The topological polar surface area (TPSA) is 93.1 Å². The molecule has 1 rings (SSSR count). The third kappa shape index (κ3) is 3.73. The molecule has 2 N–H and O–H groups in total. The second-order valence-corrected chi connectivity index (χ2v) is 12.4. The van der Waals surface area contributed by atoms with Gasteiger partial charge in [0.2, 0.25) is 0 Å². The van der Waals surface area contributed by atoms with Crippen LogP contribution in [0.1, 0.15) is 34.6 Å². The molecule has 7 heteroatoms. The highest BCUT2D eigenvalue weighted by molar-refractivity contribution is 6.74. The Bertz CT molecular complexity index is 507. The zero-order valence-corrected chi connectivity index (χ0v) is 15.9. The fourth-order valence-corrected chi connectivity index (χ4v) is 3.41. The van der Waals surface area contributed by atoms with Crippen molar-refractivity contribution in [3.8, 4) is 0 Å². The molecule has 0 saturated heterocycles. The molecule has 0 aromatic carbocycles. The minimum absolute atomic E-state index is 0.133. The molecule has 0 bridgehead atoms. The fourth-order valence-electron chi connectivity index (χ4n) is 2.17. The molecule has 1 unspecified atom stereocenters. The van der Waals surface area contributed by atoms with E-state index in [1.54, 1.807) is 0 Å². The van der Waals surface area contributed by atoms with Crippen molar-refractivity contribution in [3.63, 3.8) is 0 Å². The second-order valence-electron chi connectivity index (χ2n) is 7.62. The van der Waals surface area contributed by atoms with E-state index in [1.165, 1.54) is 26.2 Å². The van der Waals surface area contributed by atoms with Crippen LogP contribution in [0.2, 0.25) is 18.1 Å². The van der Waals surface area contributed by atoms with Gasteiger partial charge in [0.05, 0.1) is 6.26 Å². The fraction of sp³-hybridized carbons (Fsp3) is 0.750. The molecule has 23 heavy (non-hydrogen) atoms. The first kappa shape index (κ1) is 20.0. The second kappa shape index (κ2) is 6.47. The zero-order chi connectivity index (χ0) is 18.2. The van der Waals surface area contributed by atoms with Crippen molar-refractivity contribution in [2.75, 3.05) is 0 Å². The number of aliphatic hydroxyl groups is 2. The number of rotatable bonds is 5. The lowest BCUT2D eigenvalue weighted by atomic mass is 9.81. The molecule has 4 atom stereocenters. The Kier molecular flexibility index (Phi) is 5.63. The van der Waals surface area contributed by atoms with Crippen LogP contribution in [-0.4, -0.2) is 54.0 Å². The largest absolute Gasteiger partial charge is 0.491 e. The summed E-state index contributed by atoms with van der Waals surface area (Å²) in [6, 6.07) is 0. The zero-order valence-electron chi connectivity index (χ0n) is 14.9. The molecule has 0 spiro atoms. The van der Waals surface area contributed by atoms with Crippen LogP contribution in [0.25, 0.3) is 0 Å². The van der Waals surface area contributed by atoms with Gasteiger partial charge in [0, 0.05) is 0 Å². The highest BCUT2D eigenvalue weighted by atomic mass is 28.4. The monoisotopic (exact) mass is 344 g/mol. The Labute approximate surface area is 138 Å². The first-order chi connectivity index (χ1) is 10.2. The Morgan fingerprint density at radius 2 is 1.83 bits per heavy atom. The van der Waals surface area contributed by atoms with Crippen LogP contribution in [0.4, 0.5) is 0 Å². The SMILES string of the molecule is CC(=O)C(O)[C@H]1OC=C[C@@H](O[Si](C)(C)C(C)(C)C)[C@@]1(O)C(C)=O. The standard InChI is InChI=1S/C16H28O6Si/c1-10(17)13(19)14-16(20,11(2)18)12(8-9-21-14)22-23(6,7)15(3,4)5/h8-9,12-14,19-20H,1-7H3/t12-,13?,14-,16+/m1/s1. The molecule has 0 radical (unpaired) electrons. The van der Waals surface area contributed by atoms with Crippen molar-refractivity contribution in [2.45, 2.75) is 76.7 Å². The lowest BCUT2D eigenvalue weighted by molar-refractivity contribution is -0.186. The Hall–Kier alpha value is -1.02. The molecule has 0 amide bonds. The summed E-state index contributed by atoms with van der Waals surface area (Å²) in [6.07, 6.45) is -1.25. The van der Waals surface area contributed by atoms with Crippen LogP contribution < -0.4 is 0 Å². The lowest BCUT2D eigenvalue weighted by Gasteiger charge is -2.47. The van der Waals surface area contributed by atoms with Crippen molar-refractivity contribution in [1.82, 2.24) is 0 Å². The molecule has 0 saturated carbocycles. The third-order valence-corrected chi connectivity index (χ3v) is 9.30. The van der Waals surface area contributed by atoms with Gasteiger partial charge < -0.3 is 19.4 Å². The smallest absolute Gasteiger partial charge is 0.193 e. The molecule has 132 valence electrons. The van der Waals surface area contributed by atoms with Crippen LogP contribution in [0.15, 0.2) is 12.3 Å². The molecule has 0 aromatic rings. The summed E-state index contributed by atoms with van der Waals surface area (Å²) in [6.45, 7) is 12.5. The van der Waals surface area contributed by atoms with Crippen molar-refractivity contribution >= 4 is 19.9 Å². The van der Waals surface area contributed by atoms with E-state index >= 15 is 0 Å². The average molecular weight is 344 g/mol. The maximum Gasteiger partial charge on any atom is 0.193 e. The van der Waals surface area contributed by atoms with Gasteiger partial charge in [-0.3, -0.25) is 9.59 Å². The van der Waals surface area contributed by atoms with E-state index in [9.17, 15) is 19.8 Å². The summed E-state index contributed by atoms with van der Waals surface area (Å²) >= 11 is 0. The van der Waals surface area contributed by atoms with Crippen LogP contribution in [0, 0.1) is 0 Å². The predicted octanol–water partition coefficient (Wildman–Crippen LogP) is 1.56. The summed E-state index contributed by atoms with van der Waals surface area (Å²) < 4.78 is 11.4. The van der Waals surface area contributed by atoms with Crippen LogP contribution in [0.3, 0.4) is 0 Å². The maximum atomic E-state index is 12.2. The van der Waals surface area contributed by atoms with Crippen LogP contribution in [-0.2, 0) is 18.8 Å². The molecular weight excluding hydrogens is 316 g/mol. The third-order valence-electron chi connectivity index (χ3n) is 4.84. The van der Waals surface area contributed by atoms with Gasteiger partial charge in [0.25, 0.3) is 0 Å². The number of carbonyl (C=O) groups is 2. The maximum absolute atomic E-state index is 12.2. The van der Waals surface area contributed by atoms with E-state index in [4.69, 9.17) is 9.16 Å². The van der Waals surface area contributed by atoms with E-state index < -0.39 is 43.8 Å². The average Bonchev–Trinajstić information content (AvgIpc) is 2.38. The molecule has 1 aliphatic rings. The molecule has 1 heterocycles. The summed E-state index contributed by atoms with van der Waals surface area (Å²) in [4.78, 5) is 23.6. The molecule has 6 nitrogen and oxygen atoms in total. The molecule has 0 fully saturated rings. The number of ether oxygens (including phenoxy) is 1. The summed E-state index contributed by atoms with van der Waals surface area (Å²) in [5.74, 6) is -1.20. The van der Waals surface area contributed by atoms with Gasteiger partial charge in [0.15, 0.2) is 37.7 Å². The van der Waals surface area contributed by atoms with Gasteiger partial charge in [-0.1, -0.05) is 20.8 Å². The van der Waals surface area contributed by atoms with Gasteiger partial charge in [-0.15, -0.1) is 0 Å². The van der Waals surface area contributed by atoms with Crippen molar-refractivity contribution in [2.24, 2.45) is 0 Å². The van der Waals surface area contributed by atoms with Gasteiger partial charge in [-0.25, -0.2) is 0 Å². The Morgan fingerprint density at radius 1 is 1.30 bits per heavy atom. The minimum atomic E-state index is -2.30. The van der Waals surface area contributed by atoms with Crippen LogP contribution >= 0.6 is 0 Å². The van der Waals surface area contributed by atoms with E-state index in [1.807, 2.05) is 33.9 Å². The number of hydrogen-bond acceptors (Lipinski definition) is 6. The molecule has 1 aliphatic heterocycles. The van der Waals surface area contributed by atoms with E-state index in [0.29, 0.717) is 0 Å². The Balaban J connectivity index is 3.26. The first-order valence-electron chi connectivity index (χ1n) is 7.67. The van der Waals surface area contributed by atoms with Gasteiger partial charge in [-0.05, 0) is 38.1 Å². The van der Waals surface area contributed by atoms with Gasteiger partial charge in [-0.2, -0.15) is 0 Å². The van der Waals surface area contributed by atoms with Crippen molar-refractivity contribution in [3.05, 3.63) is 12.3 Å². The van der Waals surface area contributed by atoms with E-state index in [0.717, 1.165) is 0 Å². The van der Waals surface area contributed by atoms with E-state index in [2.05, 4.69) is 0 Å². The number of carbonyl (C=O) groups excluding carboxylic acids is 2. The lowest BCUT2D eigenvalue weighted by Crippen LogP contribution is -2.66. The quantitative estimate of drug-likeness (QED) is 0.735. The molecular formula is C16H28O6Si. The molecule has 0 aliphatic carbocycles. The number of ketones is 2. The Morgan fingerprint density at radius 3 is 2.22 bits per heavy atom. The predicted molar refractivity (Wildman–Crippen MR) is 88.4 cm³/mol. The summed E-state index contributed by atoms with van der Waals surface area (Å²) in [5, 5.41) is 20.9. The first-order valence-corrected chi connectivity index (χ1v) is 10.6. The van der Waals surface area contributed by atoms with Crippen LogP contribution in [0.5, 0.6) is 0 Å². The van der Waals surface area contributed by atoms with Gasteiger partial charge in [0.1, 0.15) is 6.10 Å². The normalized spacial score (nSPS) is 29.8. The highest BCUT2D eigenvalue weighted by Gasteiger charge is 2.57. The van der Waals surface area contributed by atoms with Gasteiger partial charge >= 0.3 is 0 Å². The number of Topliss-reactive ketones (excluding diaryl/α,β-unsaturated/α-hetero) is 2. The molecule has 0 aromatic heterocycles. The van der Waals surface area contributed by atoms with Crippen molar-refractivity contribution in [1.29, 1.82) is 0 Å². The highest BCUT2D eigenvalue weighted by Crippen LogP contribution is 2.40. The van der Waals surface area contributed by atoms with E-state index in [-0.39, 0.29) is 5.04 Å². The minimum Gasteiger partial charge on any atom is -0.491 e. The van der Waals surface area contributed by atoms with Crippen molar-refractivity contribution < 1.29 is 29.0 Å².